The molecule has 5 heteroatoms. The van der Waals surface area contributed by atoms with Crippen molar-refractivity contribution in [2.24, 2.45) is 0 Å². The largest absolute Gasteiger partial charge is 0.508 e. The Hall–Kier alpha value is -2.92. The maximum Gasteiger partial charge on any atom is 0.143 e. The lowest BCUT2D eigenvalue weighted by Gasteiger charge is -2.17. The van der Waals surface area contributed by atoms with Gasteiger partial charge in [0.25, 0.3) is 0 Å². The zero-order chi connectivity index (χ0) is 19.1. The summed E-state index contributed by atoms with van der Waals surface area (Å²) < 4.78 is 0. The number of thiophene rings is 1. The molecule has 0 saturated heterocycles. The van der Waals surface area contributed by atoms with Crippen molar-refractivity contribution < 1.29 is 5.11 Å². The van der Waals surface area contributed by atoms with E-state index >= 15 is 0 Å². The summed E-state index contributed by atoms with van der Waals surface area (Å²) in [6.07, 6.45) is 6.53. The molecule has 0 saturated carbocycles. The van der Waals surface area contributed by atoms with Crippen LogP contribution < -0.4 is 5.32 Å². The Bertz CT molecular complexity index is 1180. The van der Waals surface area contributed by atoms with Gasteiger partial charge in [-0.3, -0.25) is 0 Å². The molecule has 4 aromatic rings. The number of aryl methyl sites for hydroxylation is 3. The van der Waals surface area contributed by atoms with Crippen molar-refractivity contribution in [2.75, 3.05) is 5.32 Å². The zero-order valence-electron chi connectivity index (χ0n) is 15.7. The molecule has 140 valence electrons. The van der Waals surface area contributed by atoms with E-state index in [0.29, 0.717) is 0 Å². The third kappa shape index (κ3) is 3.02. The third-order valence-corrected chi connectivity index (χ3v) is 6.38. The van der Waals surface area contributed by atoms with Crippen LogP contribution in [0.4, 0.5) is 11.5 Å². The molecule has 0 bridgehead atoms. The fourth-order valence-corrected chi connectivity index (χ4v) is 4.91. The highest BCUT2D eigenvalue weighted by Gasteiger charge is 2.16. The molecule has 0 spiro atoms. The highest BCUT2D eigenvalue weighted by molar-refractivity contribution is 7.17. The fourth-order valence-electron chi connectivity index (χ4n) is 4.00. The first-order chi connectivity index (χ1) is 13.7. The van der Waals surface area contributed by atoms with Crippen molar-refractivity contribution >= 4 is 33.1 Å². The molecule has 0 unspecified atom stereocenters. The lowest BCUT2D eigenvalue weighted by atomic mass is 9.89. The van der Waals surface area contributed by atoms with Crippen molar-refractivity contribution in [3.8, 4) is 16.9 Å². The number of hydrogen-bond acceptors (Lipinski definition) is 5. The molecule has 28 heavy (non-hydrogen) atoms. The minimum absolute atomic E-state index is 0.265. The Morgan fingerprint density at radius 3 is 2.71 bits per heavy atom. The van der Waals surface area contributed by atoms with Gasteiger partial charge in [0.15, 0.2) is 0 Å². The normalized spacial score (nSPS) is 13.5. The average molecular weight is 388 g/mol. The van der Waals surface area contributed by atoms with Gasteiger partial charge in [-0.1, -0.05) is 18.2 Å². The van der Waals surface area contributed by atoms with Gasteiger partial charge in [-0.2, -0.15) is 0 Å². The first-order valence-corrected chi connectivity index (χ1v) is 10.5. The number of aromatic nitrogens is 2. The summed E-state index contributed by atoms with van der Waals surface area (Å²) in [5.41, 5.74) is 7.27. The Morgan fingerprint density at radius 1 is 1.00 bits per heavy atom. The maximum atomic E-state index is 9.68. The maximum absolute atomic E-state index is 9.68. The Kier molecular flexibility index (Phi) is 4.24. The van der Waals surface area contributed by atoms with E-state index in [-0.39, 0.29) is 5.75 Å². The molecule has 0 radical (unpaired) electrons. The number of benzene rings is 2. The van der Waals surface area contributed by atoms with Crippen LogP contribution in [-0.2, 0) is 12.8 Å². The van der Waals surface area contributed by atoms with Crippen LogP contribution in [0.15, 0.2) is 48.1 Å². The van der Waals surface area contributed by atoms with Gasteiger partial charge in [0, 0.05) is 16.6 Å². The van der Waals surface area contributed by atoms with Gasteiger partial charge in [-0.25, -0.2) is 9.97 Å². The molecular weight excluding hydrogens is 366 g/mol. The minimum atomic E-state index is 0.265. The topological polar surface area (TPSA) is 58.0 Å². The SMILES string of the molecule is Cc1cc(O)ccc1Nc1ncnc2scc(-c3ccc4c(c3)CCCC4)c12. The molecule has 2 N–H and O–H groups in total. The van der Waals surface area contributed by atoms with Crippen molar-refractivity contribution in [1.29, 1.82) is 0 Å². The summed E-state index contributed by atoms with van der Waals surface area (Å²) in [6.45, 7) is 1.97. The van der Waals surface area contributed by atoms with Gasteiger partial charge in [0.2, 0.25) is 0 Å². The third-order valence-electron chi connectivity index (χ3n) is 5.49. The summed E-state index contributed by atoms with van der Waals surface area (Å²) in [5.74, 6) is 1.06. The van der Waals surface area contributed by atoms with Crippen LogP contribution in [0.25, 0.3) is 21.3 Å². The van der Waals surface area contributed by atoms with Crippen LogP contribution in [0.5, 0.6) is 5.75 Å². The molecule has 0 fully saturated rings. The molecule has 4 nitrogen and oxygen atoms in total. The van der Waals surface area contributed by atoms with Gasteiger partial charge < -0.3 is 10.4 Å². The van der Waals surface area contributed by atoms with Gasteiger partial charge in [0.1, 0.15) is 22.7 Å². The second kappa shape index (κ2) is 6.91. The molecule has 0 amide bonds. The Balaban J connectivity index is 1.61. The molecule has 5 rings (SSSR count). The van der Waals surface area contributed by atoms with E-state index in [0.717, 1.165) is 27.3 Å². The van der Waals surface area contributed by atoms with Crippen LogP contribution >= 0.6 is 11.3 Å². The molecule has 0 aliphatic heterocycles. The van der Waals surface area contributed by atoms with Crippen molar-refractivity contribution in [1.82, 2.24) is 9.97 Å². The number of nitrogens with one attached hydrogen (secondary N) is 1. The monoisotopic (exact) mass is 387 g/mol. The van der Waals surface area contributed by atoms with E-state index in [9.17, 15) is 5.11 Å². The predicted octanol–water partition coefficient (Wildman–Crippen LogP) is 5.99. The summed E-state index contributed by atoms with van der Waals surface area (Å²) >= 11 is 1.65. The van der Waals surface area contributed by atoms with Crippen molar-refractivity contribution in [2.45, 2.75) is 32.6 Å². The highest BCUT2D eigenvalue weighted by atomic mass is 32.1. The number of rotatable bonds is 3. The van der Waals surface area contributed by atoms with Crippen LogP contribution in [0.2, 0.25) is 0 Å². The zero-order valence-corrected chi connectivity index (χ0v) is 16.5. The number of nitrogens with zero attached hydrogens (tertiary/aromatic N) is 2. The summed E-state index contributed by atoms with van der Waals surface area (Å²) in [6, 6.07) is 12.2. The Labute approximate surface area is 167 Å². The first kappa shape index (κ1) is 17.2. The quantitative estimate of drug-likeness (QED) is 0.424. The molecule has 2 aromatic heterocycles. The number of hydrogen-bond donors (Lipinski definition) is 2. The number of fused-ring (bicyclic) bond motifs is 2. The Morgan fingerprint density at radius 2 is 1.86 bits per heavy atom. The van der Waals surface area contributed by atoms with Crippen LogP contribution in [-0.4, -0.2) is 15.1 Å². The van der Waals surface area contributed by atoms with E-state index in [1.165, 1.54) is 47.9 Å². The molecule has 0 atom stereocenters. The summed E-state index contributed by atoms with van der Waals surface area (Å²) in [7, 11) is 0. The number of phenolic OH excluding ortho intramolecular Hbond substituents is 1. The van der Waals surface area contributed by atoms with Gasteiger partial charge in [0.05, 0.1) is 5.39 Å². The smallest absolute Gasteiger partial charge is 0.143 e. The van der Waals surface area contributed by atoms with E-state index in [1.807, 2.05) is 13.0 Å². The highest BCUT2D eigenvalue weighted by Crippen LogP contribution is 2.39. The van der Waals surface area contributed by atoms with Gasteiger partial charge >= 0.3 is 0 Å². The second-order valence-corrected chi connectivity index (χ2v) is 8.22. The number of anilines is 2. The first-order valence-electron chi connectivity index (χ1n) is 9.60. The van der Waals surface area contributed by atoms with E-state index < -0.39 is 0 Å². The molecule has 2 heterocycles. The van der Waals surface area contributed by atoms with Gasteiger partial charge in [-0.15, -0.1) is 11.3 Å². The average Bonchev–Trinajstić information content (AvgIpc) is 3.15. The standard InChI is InChI=1S/C23H21N3OS/c1-14-10-18(27)8-9-20(14)26-22-21-19(12-28-23(21)25-13-24-22)17-7-6-15-4-2-3-5-16(15)11-17/h6-13,27H,2-5H2,1H3,(H,24,25,26). The van der Waals surface area contributed by atoms with E-state index in [1.54, 1.807) is 29.8 Å². The van der Waals surface area contributed by atoms with Crippen LogP contribution in [0.3, 0.4) is 0 Å². The van der Waals surface area contributed by atoms with Crippen LogP contribution in [0.1, 0.15) is 29.5 Å². The lowest BCUT2D eigenvalue weighted by molar-refractivity contribution is 0.475. The minimum Gasteiger partial charge on any atom is -0.508 e. The fraction of sp³-hybridized carbons (Fsp3) is 0.217. The molecular formula is C23H21N3OS. The molecule has 2 aromatic carbocycles. The number of phenols is 1. The van der Waals surface area contributed by atoms with Crippen molar-refractivity contribution in [3.05, 3.63) is 64.8 Å². The van der Waals surface area contributed by atoms with Crippen molar-refractivity contribution in [3.63, 3.8) is 0 Å². The summed E-state index contributed by atoms with van der Waals surface area (Å²) in [5, 5.41) is 16.4. The van der Waals surface area contributed by atoms with Crippen LogP contribution in [0, 0.1) is 6.92 Å². The predicted molar refractivity (Wildman–Crippen MR) is 116 cm³/mol. The molecule has 1 aliphatic rings. The lowest BCUT2D eigenvalue weighted by Crippen LogP contribution is -2.02. The molecule has 1 aliphatic carbocycles. The van der Waals surface area contributed by atoms with E-state index in [4.69, 9.17) is 0 Å². The number of aromatic hydroxyl groups is 1. The van der Waals surface area contributed by atoms with E-state index in [2.05, 4.69) is 38.9 Å². The summed E-state index contributed by atoms with van der Waals surface area (Å²) in [4.78, 5) is 9.99. The van der Waals surface area contributed by atoms with Gasteiger partial charge in [-0.05, 0) is 73.1 Å². The second-order valence-electron chi connectivity index (χ2n) is 7.37.